The Morgan fingerprint density at radius 3 is 2.36 bits per heavy atom. The van der Waals surface area contributed by atoms with Crippen molar-refractivity contribution in [2.45, 2.75) is 26.6 Å². The average Bonchev–Trinajstić information content (AvgIpc) is 2.75. The molecule has 0 saturated carbocycles. The molecular weight excluding hydrogens is 431 g/mol. The molecule has 0 atom stereocenters. The number of anilines is 1. The molecule has 0 radical (unpaired) electrons. The van der Waals surface area contributed by atoms with Gasteiger partial charge in [-0.2, -0.15) is 0 Å². The number of cyclic esters (lactones) is 2. The Kier molecular flexibility index (Phi) is 6.24. The second kappa shape index (κ2) is 9.11. The van der Waals surface area contributed by atoms with E-state index in [2.05, 4.69) is 5.32 Å². The average molecular weight is 456 g/mol. The number of hydrogen-bond donors (Lipinski definition) is 1. The SMILES string of the molecule is Cc1ccc(Oc2ccccc2NC(=C2C(=O)OC(C)(C)OC2=O)N2CCOCC2)c(F)c1. The number of para-hydroxylation sites is 2. The van der Waals surface area contributed by atoms with Gasteiger partial charge in [0.1, 0.15) is 5.82 Å². The Labute approximate surface area is 190 Å². The molecule has 174 valence electrons. The summed E-state index contributed by atoms with van der Waals surface area (Å²) in [6, 6.07) is 11.5. The van der Waals surface area contributed by atoms with Crippen LogP contribution in [-0.4, -0.2) is 48.9 Å². The normalized spacial score (nSPS) is 17.8. The van der Waals surface area contributed by atoms with Crippen LogP contribution >= 0.6 is 0 Å². The lowest BCUT2D eigenvalue weighted by Gasteiger charge is -2.35. The third-order valence-electron chi connectivity index (χ3n) is 5.10. The van der Waals surface area contributed by atoms with Gasteiger partial charge in [-0.3, -0.25) is 0 Å². The second-order valence-electron chi connectivity index (χ2n) is 8.16. The van der Waals surface area contributed by atoms with Gasteiger partial charge in [-0.15, -0.1) is 0 Å². The first-order valence-electron chi connectivity index (χ1n) is 10.6. The van der Waals surface area contributed by atoms with E-state index in [0.29, 0.717) is 37.7 Å². The first-order valence-corrected chi connectivity index (χ1v) is 10.6. The summed E-state index contributed by atoms with van der Waals surface area (Å²) in [5.74, 6) is -2.89. The zero-order valence-corrected chi connectivity index (χ0v) is 18.6. The minimum absolute atomic E-state index is 0.0497. The zero-order chi connectivity index (χ0) is 23.6. The minimum Gasteiger partial charge on any atom is -0.452 e. The van der Waals surface area contributed by atoms with Crippen molar-refractivity contribution in [3.8, 4) is 11.5 Å². The Bertz CT molecular complexity index is 1090. The number of carbonyl (C=O) groups is 2. The van der Waals surface area contributed by atoms with Gasteiger partial charge in [-0.05, 0) is 36.8 Å². The molecule has 0 unspecified atom stereocenters. The van der Waals surface area contributed by atoms with Crippen molar-refractivity contribution in [1.82, 2.24) is 4.90 Å². The standard InChI is InChI=1S/C24H25FN2O6/c1-15-8-9-18(16(25)14-15)31-19-7-5-4-6-17(19)26-21(27-10-12-30-13-11-27)20-22(28)32-24(2,3)33-23(20)29/h4-9,14,26H,10-13H2,1-3H3. The van der Waals surface area contributed by atoms with Crippen molar-refractivity contribution in [2.24, 2.45) is 0 Å². The minimum atomic E-state index is -1.36. The number of carbonyl (C=O) groups excluding carboxylic acids is 2. The van der Waals surface area contributed by atoms with Gasteiger partial charge in [-0.25, -0.2) is 14.0 Å². The fraction of sp³-hybridized carbons (Fsp3) is 0.333. The molecule has 2 aliphatic rings. The Morgan fingerprint density at radius 1 is 1.03 bits per heavy atom. The van der Waals surface area contributed by atoms with Crippen molar-refractivity contribution < 1.29 is 32.9 Å². The number of morpholine rings is 1. The fourth-order valence-electron chi connectivity index (χ4n) is 3.53. The van der Waals surface area contributed by atoms with Gasteiger partial charge in [0.15, 0.2) is 22.9 Å². The van der Waals surface area contributed by atoms with Crippen molar-refractivity contribution in [1.29, 1.82) is 0 Å². The molecule has 1 N–H and O–H groups in total. The summed E-state index contributed by atoms with van der Waals surface area (Å²) in [4.78, 5) is 27.4. The molecule has 9 heteroatoms. The van der Waals surface area contributed by atoms with Crippen LogP contribution in [0.15, 0.2) is 53.9 Å². The number of ether oxygens (including phenoxy) is 4. The van der Waals surface area contributed by atoms with Gasteiger partial charge in [0.2, 0.25) is 0 Å². The van der Waals surface area contributed by atoms with Crippen LogP contribution in [0.4, 0.5) is 10.1 Å². The quantitative estimate of drug-likeness (QED) is 0.414. The van der Waals surface area contributed by atoms with Crippen LogP contribution in [0.2, 0.25) is 0 Å². The van der Waals surface area contributed by atoms with Gasteiger partial charge >= 0.3 is 11.9 Å². The van der Waals surface area contributed by atoms with E-state index in [4.69, 9.17) is 18.9 Å². The summed E-state index contributed by atoms with van der Waals surface area (Å²) in [6.45, 7) is 6.46. The van der Waals surface area contributed by atoms with Crippen molar-refractivity contribution in [2.75, 3.05) is 31.6 Å². The molecule has 0 bridgehead atoms. The molecule has 4 rings (SSSR count). The molecule has 2 aromatic rings. The summed E-state index contributed by atoms with van der Waals surface area (Å²) in [5, 5.41) is 3.13. The molecule has 0 aliphatic carbocycles. The van der Waals surface area contributed by atoms with Crippen LogP contribution in [0.25, 0.3) is 0 Å². The molecule has 0 spiro atoms. The van der Waals surface area contributed by atoms with E-state index in [1.807, 2.05) is 4.90 Å². The van der Waals surface area contributed by atoms with Crippen LogP contribution < -0.4 is 10.1 Å². The van der Waals surface area contributed by atoms with Crippen molar-refractivity contribution in [3.63, 3.8) is 0 Å². The van der Waals surface area contributed by atoms with Crippen LogP contribution in [0.1, 0.15) is 19.4 Å². The van der Waals surface area contributed by atoms with E-state index >= 15 is 0 Å². The molecule has 8 nitrogen and oxygen atoms in total. The maximum atomic E-state index is 14.4. The van der Waals surface area contributed by atoms with Gasteiger partial charge < -0.3 is 29.2 Å². The van der Waals surface area contributed by atoms with Gasteiger partial charge in [0.05, 0.1) is 18.9 Å². The lowest BCUT2D eigenvalue weighted by atomic mass is 10.2. The van der Waals surface area contributed by atoms with Crippen LogP contribution in [-0.2, 0) is 23.8 Å². The first kappa shape index (κ1) is 22.6. The molecule has 2 aromatic carbocycles. The molecule has 33 heavy (non-hydrogen) atoms. The Hall–Kier alpha value is -3.59. The molecule has 0 amide bonds. The van der Waals surface area contributed by atoms with E-state index in [9.17, 15) is 14.0 Å². The highest BCUT2D eigenvalue weighted by Gasteiger charge is 2.42. The number of aryl methyl sites for hydroxylation is 1. The first-order chi connectivity index (χ1) is 15.7. The topological polar surface area (TPSA) is 86.3 Å². The fourth-order valence-corrected chi connectivity index (χ4v) is 3.53. The molecule has 2 heterocycles. The van der Waals surface area contributed by atoms with Gasteiger partial charge in [0, 0.05) is 26.9 Å². The van der Waals surface area contributed by atoms with E-state index in [1.54, 1.807) is 43.3 Å². The van der Waals surface area contributed by atoms with Gasteiger partial charge in [-0.1, -0.05) is 18.2 Å². The lowest BCUT2D eigenvalue weighted by molar-refractivity contribution is -0.222. The van der Waals surface area contributed by atoms with Crippen molar-refractivity contribution >= 4 is 17.6 Å². The van der Waals surface area contributed by atoms with Crippen LogP contribution in [0.5, 0.6) is 11.5 Å². The summed E-state index contributed by atoms with van der Waals surface area (Å²) in [7, 11) is 0. The number of esters is 2. The summed E-state index contributed by atoms with van der Waals surface area (Å²) >= 11 is 0. The van der Waals surface area contributed by atoms with E-state index in [-0.39, 0.29) is 17.1 Å². The number of halogens is 1. The third kappa shape index (κ3) is 5.09. The third-order valence-corrected chi connectivity index (χ3v) is 5.10. The summed E-state index contributed by atoms with van der Waals surface area (Å²) in [5.41, 5.74) is 0.937. The summed E-state index contributed by atoms with van der Waals surface area (Å²) < 4.78 is 36.2. The van der Waals surface area contributed by atoms with Crippen LogP contribution in [0.3, 0.4) is 0 Å². The Morgan fingerprint density at radius 2 is 1.70 bits per heavy atom. The van der Waals surface area contributed by atoms with E-state index in [0.717, 1.165) is 5.56 Å². The highest BCUT2D eigenvalue weighted by molar-refractivity contribution is 6.16. The number of nitrogens with zero attached hydrogens (tertiary/aromatic N) is 1. The maximum absolute atomic E-state index is 14.4. The number of rotatable bonds is 5. The maximum Gasteiger partial charge on any atom is 0.352 e. The summed E-state index contributed by atoms with van der Waals surface area (Å²) in [6.07, 6.45) is 0. The van der Waals surface area contributed by atoms with E-state index in [1.165, 1.54) is 19.9 Å². The molecule has 0 aromatic heterocycles. The smallest absolute Gasteiger partial charge is 0.352 e. The molecule has 2 saturated heterocycles. The highest BCUT2D eigenvalue weighted by Crippen LogP contribution is 2.34. The zero-order valence-electron chi connectivity index (χ0n) is 18.6. The largest absolute Gasteiger partial charge is 0.452 e. The second-order valence-corrected chi connectivity index (χ2v) is 8.16. The highest BCUT2D eigenvalue weighted by atomic mass is 19.1. The number of benzene rings is 2. The lowest BCUT2D eigenvalue weighted by Crippen LogP contribution is -2.46. The molecule has 2 aliphatic heterocycles. The number of nitrogens with one attached hydrogen (secondary N) is 1. The molecule has 2 fully saturated rings. The van der Waals surface area contributed by atoms with E-state index < -0.39 is 23.5 Å². The molecular formula is C24H25FN2O6. The number of hydrogen-bond acceptors (Lipinski definition) is 8. The predicted molar refractivity (Wildman–Crippen MR) is 117 cm³/mol. The van der Waals surface area contributed by atoms with Crippen molar-refractivity contribution in [3.05, 3.63) is 65.2 Å². The predicted octanol–water partition coefficient (Wildman–Crippen LogP) is 3.72. The Balaban J connectivity index is 1.72. The van der Waals surface area contributed by atoms with Crippen LogP contribution in [0, 0.1) is 12.7 Å². The monoisotopic (exact) mass is 456 g/mol. The van der Waals surface area contributed by atoms with Gasteiger partial charge in [0.25, 0.3) is 5.79 Å².